The molecule has 4 aromatic rings. The fraction of sp³-hybridized carbons (Fsp3) is 0.280. The SMILES string of the molecule is O=C1c2ccccc2-c2cc(Nc3nc(Cl)nc4c3ncn4[C@@H]3O[C@H](CCP(=O)(O)CP(=O)(O)O)[C@H](O)C3O)ccc21. The number of ketones is 1. The number of aliphatic hydroxyl groups excluding tert-OH is 2. The van der Waals surface area contributed by atoms with Crippen molar-refractivity contribution in [2.24, 2.45) is 0 Å². The molecule has 14 nitrogen and oxygen atoms in total. The van der Waals surface area contributed by atoms with E-state index in [1.54, 1.807) is 24.3 Å². The second-order valence-electron chi connectivity index (χ2n) is 10.1. The summed E-state index contributed by atoms with van der Waals surface area (Å²) in [6.07, 6.45) is -4.78. The second kappa shape index (κ2) is 10.6. The third-order valence-electron chi connectivity index (χ3n) is 7.16. The summed E-state index contributed by atoms with van der Waals surface area (Å²) >= 11 is 6.23. The Morgan fingerprint density at radius 2 is 1.69 bits per heavy atom. The van der Waals surface area contributed by atoms with Gasteiger partial charge in [-0.3, -0.25) is 18.5 Å². The highest BCUT2D eigenvalue weighted by Crippen LogP contribution is 2.55. The lowest BCUT2D eigenvalue weighted by atomic mass is 10.1. The number of aromatic nitrogens is 4. The van der Waals surface area contributed by atoms with Gasteiger partial charge in [0.2, 0.25) is 12.7 Å². The average molecular weight is 636 g/mol. The molecule has 6 N–H and O–H groups in total. The number of hydrogen-bond acceptors (Lipinski definition) is 10. The molecule has 0 spiro atoms. The Morgan fingerprint density at radius 3 is 2.43 bits per heavy atom. The number of fused-ring (bicyclic) bond motifs is 4. The van der Waals surface area contributed by atoms with Crippen molar-refractivity contribution in [2.45, 2.75) is 31.0 Å². The summed E-state index contributed by atoms with van der Waals surface area (Å²) in [6.45, 7) is 0. The van der Waals surface area contributed by atoms with Crippen molar-refractivity contribution in [3.8, 4) is 11.1 Å². The molecule has 3 heterocycles. The Morgan fingerprint density at radius 1 is 0.976 bits per heavy atom. The van der Waals surface area contributed by atoms with Crippen LogP contribution in [-0.4, -0.2) is 80.6 Å². The zero-order valence-electron chi connectivity index (χ0n) is 21.5. The van der Waals surface area contributed by atoms with E-state index in [0.717, 1.165) is 11.1 Å². The van der Waals surface area contributed by atoms with Crippen LogP contribution in [0.1, 0.15) is 28.6 Å². The molecule has 0 bridgehead atoms. The fourth-order valence-corrected chi connectivity index (χ4v) is 8.98. The molecular weight excluding hydrogens is 612 g/mol. The molecule has 2 aromatic carbocycles. The van der Waals surface area contributed by atoms with E-state index in [2.05, 4.69) is 20.3 Å². The van der Waals surface area contributed by atoms with Crippen molar-refractivity contribution in [3.05, 3.63) is 65.2 Å². The molecular formula is C25H24ClN5O9P2. The van der Waals surface area contributed by atoms with E-state index in [4.69, 9.17) is 26.1 Å². The minimum absolute atomic E-state index is 0.0578. The third kappa shape index (κ3) is 5.42. The molecule has 5 atom stereocenters. The number of anilines is 2. The highest BCUT2D eigenvalue weighted by Gasteiger charge is 2.45. The van der Waals surface area contributed by atoms with Crippen LogP contribution in [0.15, 0.2) is 48.8 Å². The smallest absolute Gasteiger partial charge is 0.335 e. The number of carbonyl (C=O) groups excluding carboxylic acids is 1. The van der Waals surface area contributed by atoms with Crippen LogP contribution in [0, 0.1) is 0 Å². The third-order valence-corrected chi connectivity index (χ3v) is 11.5. The summed E-state index contributed by atoms with van der Waals surface area (Å²) in [7, 11) is -8.96. The first-order chi connectivity index (χ1) is 19.8. The fourth-order valence-electron chi connectivity index (χ4n) is 5.29. The minimum Gasteiger partial charge on any atom is -0.388 e. The second-order valence-corrected chi connectivity index (χ2v) is 15.1. The van der Waals surface area contributed by atoms with Crippen LogP contribution in [0.4, 0.5) is 11.5 Å². The van der Waals surface area contributed by atoms with E-state index < -0.39 is 51.6 Å². The molecule has 2 unspecified atom stereocenters. The average Bonchev–Trinajstić information content (AvgIpc) is 3.54. The van der Waals surface area contributed by atoms with Gasteiger partial charge in [0.1, 0.15) is 18.1 Å². The standard InChI is InChI=1S/C25H24ClN5O9P2/c26-25-29-22(28-12-5-6-15-16(9-12)13-3-1-2-4-14(13)19(15)32)18-23(30-25)31(10-27-18)24-21(34)20(33)17(40-24)7-8-41(35,36)11-42(37,38)39/h1-6,9-10,17,20-21,24,33-34H,7-8,11H2,(H,35,36)(H,28,29,30)(H2,37,38,39)/t17-,20+,21?,24-/m1/s1. The molecule has 1 saturated heterocycles. The van der Waals surface area contributed by atoms with Gasteiger partial charge in [0, 0.05) is 23.0 Å². The van der Waals surface area contributed by atoms with Crippen LogP contribution in [0.25, 0.3) is 22.3 Å². The number of aliphatic hydroxyl groups is 2. The predicted molar refractivity (Wildman–Crippen MR) is 151 cm³/mol. The Kier molecular flexibility index (Phi) is 7.33. The summed E-state index contributed by atoms with van der Waals surface area (Å²) in [5.74, 6) is -1.03. The quantitative estimate of drug-likeness (QED) is 0.107. The minimum atomic E-state index is -4.74. The molecule has 0 radical (unpaired) electrons. The monoisotopic (exact) mass is 635 g/mol. The highest BCUT2D eigenvalue weighted by molar-refractivity contribution is 7.72. The molecule has 220 valence electrons. The number of benzene rings is 2. The van der Waals surface area contributed by atoms with E-state index >= 15 is 0 Å². The van der Waals surface area contributed by atoms with Gasteiger partial charge in [-0.05, 0) is 47.3 Å². The first kappa shape index (κ1) is 29.1. The Balaban J connectivity index is 1.26. The van der Waals surface area contributed by atoms with Crippen LogP contribution in [0.3, 0.4) is 0 Å². The van der Waals surface area contributed by atoms with Gasteiger partial charge in [-0.15, -0.1) is 0 Å². The lowest BCUT2D eigenvalue weighted by molar-refractivity contribution is -0.0354. The molecule has 42 heavy (non-hydrogen) atoms. The summed E-state index contributed by atoms with van der Waals surface area (Å²) < 4.78 is 30.5. The van der Waals surface area contributed by atoms with Crippen LogP contribution < -0.4 is 5.32 Å². The predicted octanol–water partition coefficient (Wildman–Crippen LogP) is 2.85. The Hall–Kier alpha value is -3.03. The van der Waals surface area contributed by atoms with Crippen LogP contribution in [-0.2, 0) is 13.9 Å². The van der Waals surface area contributed by atoms with Crippen LogP contribution >= 0.6 is 26.6 Å². The first-order valence-electron chi connectivity index (χ1n) is 12.6. The van der Waals surface area contributed by atoms with E-state index in [1.807, 2.05) is 18.2 Å². The maximum Gasteiger partial charge on any atom is 0.335 e. The summed E-state index contributed by atoms with van der Waals surface area (Å²) in [5, 5.41) is 24.3. The van der Waals surface area contributed by atoms with Gasteiger partial charge in [-0.2, -0.15) is 9.97 Å². The molecule has 0 saturated carbocycles. The van der Waals surface area contributed by atoms with Gasteiger partial charge in [0.25, 0.3) is 0 Å². The number of ether oxygens (including phenoxy) is 1. The lowest BCUT2D eigenvalue weighted by Gasteiger charge is -2.18. The maximum absolute atomic E-state index is 12.7. The number of rotatable bonds is 8. The van der Waals surface area contributed by atoms with Crippen molar-refractivity contribution < 1.29 is 43.6 Å². The molecule has 2 aromatic heterocycles. The van der Waals surface area contributed by atoms with Crippen molar-refractivity contribution in [1.82, 2.24) is 19.5 Å². The topological polar surface area (TPSA) is 217 Å². The summed E-state index contributed by atoms with van der Waals surface area (Å²) in [5.41, 5.74) is 3.79. The van der Waals surface area contributed by atoms with Crippen molar-refractivity contribution in [1.29, 1.82) is 0 Å². The summed E-state index contributed by atoms with van der Waals surface area (Å²) in [6, 6.07) is 12.6. The van der Waals surface area contributed by atoms with E-state index in [9.17, 15) is 29.0 Å². The van der Waals surface area contributed by atoms with Gasteiger partial charge >= 0.3 is 7.60 Å². The van der Waals surface area contributed by atoms with Crippen LogP contribution in [0.2, 0.25) is 5.28 Å². The van der Waals surface area contributed by atoms with Gasteiger partial charge in [0.05, 0.1) is 12.4 Å². The lowest BCUT2D eigenvalue weighted by Crippen LogP contribution is -2.32. The van der Waals surface area contributed by atoms with Gasteiger partial charge in [-0.1, -0.05) is 24.3 Å². The molecule has 1 fully saturated rings. The Labute approximate surface area is 242 Å². The number of imidazole rings is 1. The van der Waals surface area contributed by atoms with Crippen molar-refractivity contribution in [3.63, 3.8) is 0 Å². The van der Waals surface area contributed by atoms with Gasteiger partial charge in [0.15, 0.2) is 29.0 Å². The molecule has 6 rings (SSSR count). The highest BCUT2D eigenvalue weighted by atomic mass is 35.5. The number of halogens is 1. The maximum atomic E-state index is 12.7. The first-order valence-corrected chi connectivity index (χ1v) is 16.8. The summed E-state index contributed by atoms with van der Waals surface area (Å²) in [4.78, 5) is 53.6. The van der Waals surface area contributed by atoms with Crippen molar-refractivity contribution in [2.75, 3.05) is 17.4 Å². The number of nitrogens with one attached hydrogen (secondary N) is 1. The zero-order valence-corrected chi connectivity index (χ0v) is 24.0. The molecule has 0 amide bonds. The molecule has 17 heteroatoms. The number of hydrogen-bond donors (Lipinski definition) is 6. The van der Waals surface area contributed by atoms with Gasteiger partial charge < -0.3 is 34.9 Å². The van der Waals surface area contributed by atoms with E-state index in [0.29, 0.717) is 16.8 Å². The largest absolute Gasteiger partial charge is 0.388 e. The van der Waals surface area contributed by atoms with Crippen molar-refractivity contribution >= 4 is 55.0 Å². The normalized spacial score (nSPS) is 23.1. The molecule has 2 aliphatic rings. The number of carbonyl (C=O) groups is 1. The molecule has 1 aliphatic heterocycles. The van der Waals surface area contributed by atoms with E-state index in [-0.39, 0.29) is 34.5 Å². The Bertz CT molecular complexity index is 1830. The molecule has 1 aliphatic carbocycles. The van der Waals surface area contributed by atoms with Gasteiger partial charge in [-0.25, -0.2) is 4.98 Å². The zero-order chi connectivity index (χ0) is 30.0. The number of nitrogens with zero attached hydrogens (tertiary/aromatic N) is 4. The van der Waals surface area contributed by atoms with Crippen LogP contribution in [0.5, 0.6) is 0 Å². The van der Waals surface area contributed by atoms with E-state index in [1.165, 1.54) is 10.9 Å².